The van der Waals surface area contributed by atoms with E-state index in [1.54, 1.807) is 10.9 Å². The minimum atomic E-state index is -0.181. The first kappa shape index (κ1) is 24.2. The van der Waals surface area contributed by atoms with Crippen LogP contribution in [0, 0.1) is 6.92 Å². The number of hydrogen-bond donors (Lipinski definition) is 1. The number of rotatable bonds is 8. The van der Waals surface area contributed by atoms with E-state index < -0.39 is 0 Å². The molecule has 0 radical (unpaired) electrons. The second-order valence-electron chi connectivity index (χ2n) is 8.98. The fourth-order valence-corrected chi connectivity index (χ4v) is 4.04. The van der Waals surface area contributed by atoms with Gasteiger partial charge in [0.1, 0.15) is 11.0 Å². The Kier molecular flexibility index (Phi) is 7.30. The fourth-order valence-electron chi connectivity index (χ4n) is 4.04. The van der Waals surface area contributed by atoms with E-state index in [9.17, 15) is 4.79 Å². The smallest absolute Gasteiger partial charge is 0.248 e. The summed E-state index contributed by atoms with van der Waals surface area (Å²) < 4.78 is 0. The summed E-state index contributed by atoms with van der Waals surface area (Å²) in [5.41, 5.74) is 7.53. The number of nitrogens with zero attached hydrogens (tertiary/aromatic N) is 4. The number of carbonyl (C=O) groups excluding carboxylic acids is 1. The molecular formula is C29H33N5O. The largest absolute Gasteiger partial charge is 0.372 e. The molecule has 180 valence electrons. The van der Waals surface area contributed by atoms with Crippen molar-refractivity contribution in [1.29, 1.82) is 0 Å². The summed E-state index contributed by atoms with van der Waals surface area (Å²) in [5.74, 6) is 0.304. The molecule has 1 N–H and O–H groups in total. The van der Waals surface area contributed by atoms with Crippen LogP contribution in [0.5, 0.6) is 0 Å². The maximum Gasteiger partial charge on any atom is 0.248 e. The van der Waals surface area contributed by atoms with Crippen LogP contribution in [0.15, 0.2) is 66.7 Å². The van der Waals surface area contributed by atoms with E-state index in [-0.39, 0.29) is 5.91 Å². The third-order valence-corrected chi connectivity index (χ3v) is 6.22. The second kappa shape index (κ2) is 10.6. The van der Waals surface area contributed by atoms with Gasteiger partial charge in [-0.3, -0.25) is 4.79 Å². The number of nitrogens with one attached hydrogen (secondary N) is 1. The molecule has 0 unspecified atom stereocenters. The lowest BCUT2D eigenvalue weighted by atomic mass is 10.0. The molecule has 0 spiro atoms. The molecule has 0 bridgehead atoms. The normalized spacial score (nSPS) is 11.5. The van der Waals surface area contributed by atoms with E-state index in [0.29, 0.717) is 5.92 Å². The number of anilines is 2. The quantitative estimate of drug-likeness (QED) is 0.307. The lowest BCUT2D eigenvalue weighted by molar-refractivity contribution is -0.111. The minimum absolute atomic E-state index is 0.181. The van der Waals surface area contributed by atoms with Crippen molar-refractivity contribution in [2.24, 2.45) is 0 Å². The van der Waals surface area contributed by atoms with Crippen LogP contribution in [0.4, 0.5) is 11.4 Å². The van der Waals surface area contributed by atoms with Gasteiger partial charge in [0.25, 0.3) is 0 Å². The highest BCUT2D eigenvalue weighted by atomic mass is 16.1. The molecular weight excluding hydrogens is 434 g/mol. The summed E-state index contributed by atoms with van der Waals surface area (Å²) in [6.45, 7) is 12.5. The summed E-state index contributed by atoms with van der Waals surface area (Å²) >= 11 is 0. The number of hydrogen-bond acceptors (Lipinski definition) is 4. The van der Waals surface area contributed by atoms with Crippen molar-refractivity contribution in [2.45, 2.75) is 40.5 Å². The molecule has 0 saturated carbocycles. The van der Waals surface area contributed by atoms with Crippen molar-refractivity contribution in [2.75, 3.05) is 23.3 Å². The first-order chi connectivity index (χ1) is 16.9. The van der Waals surface area contributed by atoms with Crippen LogP contribution >= 0.6 is 0 Å². The van der Waals surface area contributed by atoms with Crippen LogP contribution in [-0.4, -0.2) is 34.0 Å². The summed E-state index contributed by atoms with van der Waals surface area (Å²) in [6.07, 6.45) is 3.38. The van der Waals surface area contributed by atoms with Crippen LogP contribution in [0.25, 0.3) is 22.8 Å². The molecule has 0 aliphatic rings. The van der Waals surface area contributed by atoms with Gasteiger partial charge in [-0.1, -0.05) is 38.1 Å². The van der Waals surface area contributed by atoms with E-state index in [2.05, 4.69) is 72.4 Å². The maximum atomic E-state index is 12.6. The maximum absolute atomic E-state index is 12.6. The van der Waals surface area contributed by atoms with E-state index in [1.807, 2.05) is 49.4 Å². The molecule has 0 saturated heterocycles. The van der Waals surface area contributed by atoms with Crippen LogP contribution in [0.3, 0.4) is 0 Å². The van der Waals surface area contributed by atoms with E-state index >= 15 is 0 Å². The van der Waals surface area contributed by atoms with Crippen molar-refractivity contribution in [3.8, 4) is 5.69 Å². The van der Waals surface area contributed by atoms with Gasteiger partial charge in [0.2, 0.25) is 5.91 Å². The Bertz CT molecular complexity index is 1330. The predicted octanol–water partition coefficient (Wildman–Crippen LogP) is 6.35. The number of amides is 1. The summed E-state index contributed by atoms with van der Waals surface area (Å²) in [5, 5.41) is 12.3. The van der Waals surface area contributed by atoms with Crippen LogP contribution in [-0.2, 0) is 4.79 Å². The average molecular weight is 468 g/mol. The molecule has 4 rings (SSSR count). The predicted molar refractivity (Wildman–Crippen MR) is 145 cm³/mol. The standard InChI is InChI=1S/C29H33N5O/c1-6-33(7-2)24-13-15-25(16-14-24)34-31-27-18-21(5)26(19-28(27)32-34)30-29(35)17-10-22-8-11-23(12-9-22)20(3)4/h8-20H,6-7H2,1-5H3,(H,30,35)/b17-10+. The van der Waals surface area contributed by atoms with E-state index in [0.717, 1.165) is 46.6 Å². The third-order valence-electron chi connectivity index (χ3n) is 6.22. The highest BCUT2D eigenvalue weighted by molar-refractivity contribution is 6.03. The molecule has 6 nitrogen and oxygen atoms in total. The van der Waals surface area contributed by atoms with Gasteiger partial charge in [-0.05, 0) is 85.9 Å². The van der Waals surface area contributed by atoms with Gasteiger partial charge in [-0.15, -0.1) is 10.2 Å². The third kappa shape index (κ3) is 5.60. The van der Waals surface area contributed by atoms with Gasteiger partial charge in [-0.25, -0.2) is 0 Å². The minimum Gasteiger partial charge on any atom is -0.372 e. The number of carbonyl (C=O) groups is 1. The van der Waals surface area contributed by atoms with Crippen molar-refractivity contribution >= 4 is 34.4 Å². The SMILES string of the molecule is CCN(CC)c1ccc(-n2nc3cc(C)c(NC(=O)/C=C/c4ccc(C(C)C)cc4)cc3n2)cc1. The van der Waals surface area contributed by atoms with Gasteiger partial charge >= 0.3 is 0 Å². The zero-order chi connectivity index (χ0) is 24.9. The molecule has 0 aliphatic heterocycles. The van der Waals surface area contributed by atoms with E-state index in [1.165, 1.54) is 11.3 Å². The van der Waals surface area contributed by atoms with Crippen molar-refractivity contribution in [3.63, 3.8) is 0 Å². The molecule has 6 heteroatoms. The Morgan fingerprint density at radius 2 is 1.60 bits per heavy atom. The Morgan fingerprint density at radius 1 is 0.971 bits per heavy atom. The molecule has 35 heavy (non-hydrogen) atoms. The first-order valence-corrected chi connectivity index (χ1v) is 12.2. The molecule has 0 aliphatic carbocycles. The van der Waals surface area contributed by atoms with Crippen LogP contribution in [0.1, 0.15) is 50.3 Å². The Balaban J connectivity index is 1.49. The van der Waals surface area contributed by atoms with Gasteiger partial charge in [0, 0.05) is 30.5 Å². The monoisotopic (exact) mass is 467 g/mol. The number of fused-ring (bicyclic) bond motifs is 1. The van der Waals surface area contributed by atoms with Crippen molar-refractivity contribution in [1.82, 2.24) is 15.0 Å². The molecule has 1 amide bonds. The topological polar surface area (TPSA) is 63.1 Å². The summed E-state index contributed by atoms with van der Waals surface area (Å²) in [6, 6.07) is 20.3. The number of benzene rings is 3. The van der Waals surface area contributed by atoms with Gasteiger partial charge < -0.3 is 10.2 Å². The number of aryl methyl sites for hydroxylation is 1. The Labute approximate surface area is 207 Å². The van der Waals surface area contributed by atoms with E-state index in [4.69, 9.17) is 0 Å². The molecule has 4 aromatic rings. The zero-order valence-corrected chi connectivity index (χ0v) is 21.1. The summed E-state index contributed by atoms with van der Waals surface area (Å²) in [4.78, 5) is 16.5. The summed E-state index contributed by atoms with van der Waals surface area (Å²) in [7, 11) is 0. The van der Waals surface area contributed by atoms with Crippen molar-refractivity contribution in [3.05, 3.63) is 83.4 Å². The lowest BCUT2D eigenvalue weighted by Gasteiger charge is -2.20. The fraction of sp³-hybridized carbons (Fsp3) is 0.276. The number of aromatic nitrogens is 3. The van der Waals surface area contributed by atoms with Crippen LogP contribution < -0.4 is 10.2 Å². The molecule has 1 aromatic heterocycles. The molecule has 1 heterocycles. The Morgan fingerprint density at radius 3 is 2.20 bits per heavy atom. The molecule has 0 fully saturated rings. The highest BCUT2D eigenvalue weighted by Crippen LogP contribution is 2.23. The zero-order valence-electron chi connectivity index (χ0n) is 21.1. The molecule has 3 aromatic carbocycles. The molecule has 0 atom stereocenters. The first-order valence-electron chi connectivity index (χ1n) is 12.2. The van der Waals surface area contributed by atoms with Gasteiger partial charge in [0.15, 0.2) is 0 Å². The Hall–Kier alpha value is -3.93. The van der Waals surface area contributed by atoms with Crippen LogP contribution in [0.2, 0.25) is 0 Å². The lowest BCUT2D eigenvalue weighted by Crippen LogP contribution is -2.21. The van der Waals surface area contributed by atoms with Gasteiger partial charge in [0.05, 0.1) is 5.69 Å². The van der Waals surface area contributed by atoms with Gasteiger partial charge in [-0.2, -0.15) is 4.80 Å². The van der Waals surface area contributed by atoms with Crippen molar-refractivity contribution < 1.29 is 4.79 Å². The highest BCUT2D eigenvalue weighted by Gasteiger charge is 2.11. The average Bonchev–Trinajstić information content (AvgIpc) is 3.27. The second-order valence-corrected chi connectivity index (χ2v) is 8.98.